The summed E-state index contributed by atoms with van der Waals surface area (Å²) >= 11 is 0. The summed E-state index contributed by atoms with van der Waals surface area (Å²) in [5, 5.41) is 2.85. The van der Waals surface area contributed by atoms with Crippen LogP contribution in [0.15, 0.2) is 53.9 Å². The second-order valence-electron chi connectivity index (χ2n) is 6.04. The summed E-state index contributed by atoms with van der Waals surface area (Å²) < 4.78 is 0. The van der Waals surface area contributed by atoms with Crippen LogP contribution < -0.4 is 5.30 Å². The summed E-state index contributed by atoms with van der Waals surface area (Å²) in [4.78, 5) is 0. The molecule has 0 radical (unpaired) electrons. The third-order valence-corrected chi connectivity index (χ3v) is 5.77. The van der Waals surface area contributed by atoms with Crippen molar-refractivity contribution >= 4 is 20.0 Å². The quantitative estimate of drug-likeness (QED) is 0.509. The first kappa shape index (κ1) is 13.8. The van der Waals surface area contributed by atoms with Gasteiger partial charge in [-0.3, -0.25) is 0 Å². The van der Waals surface area contributed by atoms with Crippen molar-refractivity contribution in [3.8, 4) is 0 Å². The zero-order valence-electron chi connectivity index (χ0n) is 12.2. The molecule has 0 saturated heterocycles. The van der Waals surface area contributed by atoms with E-state index < -0.39 is 0 Å². The van der Waals surface area contributed by atoms with E-state index in [9.17, 15) is 0 Å². The van der Waals surface area contributed by atoms with Gasteiger partial charge in [0.15, 0.2) is 0 Å². The van der Waals surface area contributed by atoms with Crippen LogP contribution in [-0.2, 0) is 0 Å². The molecule has 0 spiro atoms. The van der Waals surface area contributed by atoms with Crippen molar-refractivity contribution < 1.29 is 0 Å². The van der Waals surface area contributed by atoms with Crippen LogP contribution >= 0.6 is 8.58 Å². The van der Waals surface area contributed by atoms with E-state index in [1.165, 1.54) is 41.9 Å². The molecule has 3 unspecified atom stereocenters. The smallest absolute Gasteiger partial charge is 0.0158 e. The van der Waals surface area contributed by atoms with E-state index in [0.29, 0.717) is 0 Å². The van der Waals surface area contributed by atoms with Crippen molar-refractivity contribution in [3.05, 3.63) is 59.4 Å². The van der Waals surface area contributed by atoms with E-state index >= 15 is 0 Å². The third-order valence-electron chi connectivity index (χ3n) is 4.49. The highest BCUT2D eigenvalue weighted by atomic mass is 31.1. The fourth-order valence-corrected chi connectivity index (χ4v) is 4.79. The fraction of sp³-hybridized carbons (Fsp3) is 0.368. The first-order chi connectivity index (χ1) is 9.76. The Balaban J connectivity index is 1.64. The molecule has 2 aliphatic carbocycles. The maximum absolute atomic E-state index is 4.36. The molecular weight excluding hydrogens is 259 g/mol. The Morgan fingerprint density at radius 3 is 2.95 bits per heavy atom. The van der Waals surface area contributed by atoms with Crippen LogP contribution in [0.25, 0.3) is 6.08 Å². The molecule has 0 nitrogen and oxygen atoms in total. The van der Waals surface area contributed by atoms with Gasteiger partial charge in [0.2, 0.25) is 0 Å². The van der Waals surface area contributed by atoms with Crippen LogP contribution in [0.4, 0.5) is 0 Å². The van der Waals surface area contributed by atoms with E-state index in [1.54, 1.807) is 5.57 Å². The Morgan fingerprint density at radius 2 is 2.25 bits per heavy atom. The predicted octanol–water partition coefficient (Wildman–Crippen LogP) is 5.28. The molecule has 1 saturated carbocycles. The molecule has 0 heterocycles. The lowest BCUT2D eigenvalue weighted by Crippen LogP contribution is -2.04. The zero-order chi connectivity index (χ0) is 13.9. The van der Waals surface area contributed by atoms with E-state index in [4.69, 9.17) is 0 Å². The van der Waals surface area contributed by atoms with Gasteiger partial charge in [0.05, 0.1) is 0 Å². The second-order valence-corrected chi connectivity index (χ2v) is 7.53. The van der Waals surface area contributed by atoms with Gasteiger partial charge in [-0.25, -0.2) is 0 Å². The van der Waals surface area contributed by atoms with Crippen LogP contribution in [0.5, 0.6) is 0 Å². The van der Waals surface area contributed by atoms with Gasteiger partial charge in [0.1, 0.15) is 0 Å². The van der Waals surface area contributed by atoms with Crippen molar-refractivity contribution in [2.45, 2.75) is 32.6 Å². The van der Waals surface area contributed by atoms with Gasteiger partial charge in [0, 0.05) is 0 Å². The van der Waals surface area contributed by atoms with Crippen LogP contribution in [0.2, 0.25) is 0 Å². The predicted molar refractivity (Wildman–Crippen MR) is 91.8 cm³/mol. The summed E-state index contributed by atoms with van der Waals surface area (Å²) in [7, 11) is 0.747. The molecule has 1 heteroatoms. The first-order valence-corrected chi connectivity index (χ1v) is 8.61. The molecule has 0 amide bonds. The number of fused-ring (bicyclic) bond motifs is 2. The van der Waals surface area contributed by atoms with Gasteiger partial charge in [-0.2, -0.15) is 0 Å². The van der Waals surface area contributed by atoms with Gasteiger partial charge in [-0.05, 0) is 55.3 Å². The highest BCUT2D eigenvalue weighted by Gasteiger charge is 2.32. The Morgan fingerprint density at radius 1 is 1.40 bits per heavy atom. The summed E-state index contributed by atoms with van der Waals surface area (Å²) in [5.74, 6) is 1.77. The molecule has 0 N–H and O–H groups in total. The van der Waals surface area contributed by atoms with Crippen molar-refractivity contribution in [1.82, 2.24) is 0 Å². The molecule has 2 bridgehead atoms. The lowest BCUT2D eigenvalue weighted by Gasteiger charge is -2.17. The normalized spacial score (nSPS) is 24.9. The molecule has 104 valence electrons. The number of hydrogen-bond donors (Lipinski definition) is 0. The summed E-state index contributed by atoms with van der Waals surface area (Å²) in [6, 6.07) is 8.71. The molecule has 1 fully saturated rings. The van der Waals surface area contributed by atoms with Crippen molar-refractivity contribution in [1.29, 1.82) is 0 Å². The zero-order valence-corrected chi connectivity index (χ0v) is 13.2. The molecule has 3 atom stereocenters. The largest absolute Gasteiger partial charge is 0.0953 e. The molecule has 0 aromatic heterocycles. The Hall–Kier alpha value is -1.13. The Kier molecular flexibility index (Phi) is 4.22. The van der Waals surface area contributed by atoms with Gasteiger partial charge < -0.3 is 0 Å². The van der Waals surface area contributed by atoms with Crippen molar-refractivity contribution in [2.24, 2.45) is 11.8 Å². The lowest BCUT2D eigenvalue weighted by molar-refractivity contribution is 0.494. The molecule has 1 aromatic rings. The number of rotatable bonds is 5. The first-order valence-electron chi connectivity index (χ1n) is 7.61. The van der Waals surface area contributed by atoms with Gasteiger partial charge in [-0.1, -0.05) is 68.5 Å². The van der Waals surface area contributed by atoms with E-state index in [2.05, 4.69) is 56.0 Å². The average Bonchev–Trinajstić information content (AvgIpc) is 3.03. The Labute approximate surface area is 124 Å². The van der Waals surface area contributed by atoms with Crippen LogP contribution in [0, 0.1) is 11.8 Å². The minimum Gasteiger partial charge on any atom is -0.0953 e. The molecule has 3 rings (SSSR count). The molecule has 1 aromatic carbocycles. The summed E-state index contributed by atoms with van der Waals surface area (Å²) in [5.41, 5.74) is 3.07. The fourth-order valence-electron chi connectivity index (χ4n) is 3.57. The summed E-state index contributed by atoms with van der Waals surface area (Å²) in [6.07, 6.45) is 12.1. The van der Waals surface area contributed by atoms with Gasteiger partial charge in [-0.15, -0.1) is 0 Å². The van der Waals surface area contributed by atoms with Crippen LogP contribution in [0.3, 0.4) is 0 Å². The minimum atomic E-state index is 0.747. The maximum Gasteiger partial charge on any atom is -0.0158 e. The van der Waals surface area contributed by atoms with Gasteiger partial charge >= 0.3 is 0 Å². The number of hydrogen-bond acceptors (Lipinski definition) is 0. The van der Waals surface area contributed by atoms with Crippen molar-refractivity contribution in [2.75, 3.05) is 0 Å². The standard InChI is InChI=1S/C19H23P/c1-3-6-16-7-4-5-8-19(16)20-14(2)11-18-13-15-9-10-17(18)12-15/h3-8,10,15,18,20H,2,9,11-13H2,1H3/b6-3-. The van der Waals surface area contributed by atoms with Crippen LogP contribution in [-0.4, -0.2) is 0 Å². The highest BCUT2D eigenvalue weighted by Crippen LogP contribution is 2.47. The Bertz CT molecular complexity index is 565. The minimum absolute atomic E-state index is 0.747. The highest BCUT2D eigenvalue weighted by molar-refractivity contribution is 7.51. The lowest BCUT2D eigenvalue weighted by atomic mass is 9.93. The van der Waals surface area contributed by atoms with E-state index in [-0.39, 0.29) is 0 Å². The molecule has 2 aliphatic rings. The molecular formula is C19H23P. The van der Waals surface area contributed by atoms with E-state index in [1.807, 2.05) is 0 Å². The van der Waals surface area contributed by atoms with E-state index in [0.717, 1.165) is 20.4 Å². The second kappa shape index (κ2) is 6.10. The molecule has 20 heavy (non-hydrogen) atoms. The topological polar surface area (TPSA) is 0 Å². The summed E-state index contributed by atoms with van der Waals surface area (Å²) in [6.45, 7) is 6.44. The SMILES string of the molecule is C=C(CC1CC2CC=C1C2)Pc1ccccc1/C=C\C. The average molecular weight is 282 g/mol. The van der Waals surface area contributed by atoms with Crippen molar-refractivity contribution in [3.63, 3.8) is 0 Å². The maximum atomic E-state index is 4.36. The molecule has 0 aliphatic heterocycles. The number of allylic oxidation sites excluding steroid dienone is 4. The van der Waals surface area contributed by atoms with Crippen LogP contribution in [0.1, 0.15) is 38.2 Å². The number of benzene rings is 1. The third kappa shape index (κ3) is 2.96. The van der Waals surface area contributed by atoms with Gasteiger partial charge in [0.25, 0.3) is 0 Å². The monoisotopic (exact) mass is 282 g/mol.